The van der Waals surface area contributed by atoms with Crippen molar-refractivity contribution >= 4 is 29.3 Å². The van der Waals surface area contributed by atoms with E-state index in [9.17, 15) is 14.4 Å². The SMILES string of the molecule is O=C(NNC(=O)c1ccccc1OCc1ccc(Cl)cc1)C(=O)NC1CC1. The number of benzene rings is 2. The van der Waals surface area contributed by atoms with Crippen LogP contribution in [0.4, 0.5) is 0 Å². The molecule has 2 aromatic carbocycles. The molecule has 8 heteroatoms. The van der Waals surface area contributed by atoms with Crippen LogP contribution >= 0.6 is 11.6 Å². The standard InChI is InChI=1S/C19H18ClN3O4/c20-13-7-5-12(6-8-13)11-27-16-4-2-1-3-15(16)17(24)22-23-19(26)18(25)21-14-9-10-14/h1-8,14H,9-11H2,(H,21,25)(H,22,24)(H,23,26). The molecule has 1 fully saturated rings. The minimum absolute atomic E-state index is 0.0564. The van der Waals surface area contributed by atoms with Crippen LogP contribution in [0.1, 0.15) is 28.8 Å². The molecule has 0 atom stereocenters. The van der Waals surface area contributed by atoms with Crippen molar-refractivity contribution in [3.63, 3.8) is 0 Å². The Bertz CT molecular complexity index is 850. The summed E-state index contributed by atoms with van der Waals surface area (Å²) in [6.45, 7) is 0.248. The van der Waals surface area contributed by atoms with Gasteiger partial charge in [-0.2, -0.15) is 0 Å². The maximum atomic E-state index is 12.3. The lowest BCUT2D eigenvalue weighted by Crippen LogP contribution is -2.49. The molecule has 0 spiro atoms. The Morgan fingerprint density at radius 3 is 2.37 bits per heavy atom. The van der Waals surface area contributed by atoms with E-state index in [1.165, 1.54) is 0 Å². The third-order valence-electron chi connectivity index (χ3n) is 3.85. The van der Waals surface area contributed by atoms with E-state index in [0.29, 0.717) is 10.8 Å². The third-order valence-corrected chi connectivity index (χ3v) is 4.10. The van der Waals surface area contributed by atoms with Gasteiger partial charge in [0.25, 0.3) is 5.91 Å². The molecule has 3 rings (SSSR count). The second-order valence-corrected chi connectivity index (χ2v) is 6.50. The molecular weight excluding hydrogens is 370 g/mol. The van der Waals surface area contributed by atoms with Crippen molar-refractivity contribution in [1.29, 1.82) is 0 Å². The third kappa shape index (κ3) is 5.46. The van der Waals surface area contributed by atoms with Gasteiger partial charge in [-0.1, -0.05) is 35.9 Å². The molecule has 0 unspecified atom stereocenters. The topological polar surface area (TPSA) is 96.5 Å². The normalized spacial score (nSPS) is 12.8. The fourth-order valence-corrected chi connectivity index (χ4v) is 2.36. The van der Waals surface area contributed by atoms with Gasteiger partial charge in [0.2, 0.25) is 0 Å². The fraction of sp³-hybridized carbons (Fsp3) is 0.211. The van der Waals surface area contributed by atoms with Crippen LogP contribution in [0.25, 0.3) is 0 Å². The maximum Gasteiger partial charge on any atom is 0.327 e. The lowest BCUT2D eigenvalue weighted by atomic mass is 10.2. The number of hydrazine groups is 1. The molecule has 0 aromatic heterocycles. The van der Waals surface area contributed by atoms with E-state index in [4.69, 9.17) is 16.3 Å². The number of para-hydroxylation sites is 1. The van der Waals surface area contributed by atoms with Crippen molar-refractivity contribution in [1.82, 2.24) is 16.2 Å². The van der Waals surface area contributed by atoms with Gasteiger partial charge in [0, 0.05) is 11.1 Å². The van der Waals surface area contributed by atoms with Crippen molar-refractivity contribution in [2.24, 2.45) is 0 Å². The van der Waals surface area contributed by atoms with Gasteiger partial charge in [-0.05, 0) is 42.7 Å². The molecule has 2 aromatic rings. The first-order chi connectivity index (χ1) is 13.0. The van der Waals surface area contributed by atoms with E-state index in [2.05, 4.69) is 16.2 Å². The van der Waals surface area contributed by atoms with E-state index < -0.39 is 17.7 Å². The minimum Gasteiger partial charge on any atom is -0.488 e. The second kappa shape index (κ2) is 8.55. The smallest absolute Gasteiger partial charge is 0.327 e. The van der Waals surface area contributed by atoms with Gasteiger partial charge in [0.05, 0.1) is 5.56 Å². The number of carbonyl (C=O) groups excluding carboxylic acids is 3. The molecule has 0 saturated heterocycles. The summed E-state index contributed by atoms with van der Waals surface area (Å²) < 4.78 is 5.70. The van der Waals surface area contributed by atoms with E-state index in [-0.39, 0.29) is 18.2 Å². The molecule has 0 aliphatic heterocycles. The first-order valence-corrected chi connectivity index (χ1v) is 8.78. The van der Waals surface area contributed by atoms with Gasteiger partial charge in [-0.3, -0.25) is 25.2 Å². The Labute approximate surface area is 161 Å². The molecular formula is C19H18ClN3O4. The highest BCUT2D eigenvalue weighted by atomic mass is 35.5. The number of nitrogens with one attached hydrogen (secondary N) is 3. The summed E-state index contributed by atoms with van der Waals surface area (Å²) in [6, 6.07) is 13.8. The molecule has 0 bridgehead atoms. The summed E-state index contributed by atoms with van der Waals surface area (Å²) in [5, 5.41) is 3.16. The van der Waals surface area contributed by atoms with Gasteiger partial charge in [0.1, 0.15) is 12.4 Å². The number of amides is 3. The van der Waals surface area contributed by atoms with Crippen LogP contribution in [0.5, 0.6) is 5.75 Å². The van der Waals surface area contributed by atoms with Gasteiger partial charge in [-0.15, -0.1) is 0 Å². The van der Waals surface area contributed by atoms with Crippen LogP contribution in [0.3, 0.4) is 0 Å². The Morgan fingerprint density at radius 1 is 0.963 bits per heavy atom. The zero-order valence-electron chi connectivity index (χ0n) is 14.3. The summed E-state index contributed by atoms with van der Waals surface area (Å²) in [5.41, 5.74) is 5.44. The lowest BCUT2D eigenvalue weighted by Gasteiger charge is -2.12. The van der Waals surface area contributed by atoms with Gasteiger partial charge < -0.3 is 10.1 Å². The number of hydrogen-bond acceptors (Lipinski definition) is 4. The van der Waals surface area contributed by atoms with Crippen molar-refractivity contribution in [2.45, 2.75) is 25.5 Å². The summed E-state index contributed by atoms with van der Waals surface area (Å²) in [4.78, 5) is 35.6. The Kier molecular flexibility index (Phi) is 5.93. The molecule has 3 amide bonds. The quantitative estimate of drug-likeness (QED) is 0.539. The van der Waals surface area contributed by atoms with E-state index in [0.717, 1.165) is 18.4 Å². The van der Waals surface area contributed by atoms with Crippen LogP contribution in [-0.4, -0.2) is 23.8 Å². The maximum absolute atomic E-state index is 12.3. The van der Waals surface area contributed by atoms with Gasteiger partial charge in [-0.25, -0.2) is 0 Å². The Morgan fingerprint density at radius 2 is 1.67 bits per heavy atom. The Hall–Kier alpha value is -3.06. The van der Waals surface area contributed by atoms with E-state index in [1.54, 1.807) is 36.4 Å². The van der Waals surface area contributed by atoms with Crippen molar-refractivity contribution in [3.05, 3.63) is 64.7 Å². The first-order valence-electron chi connectivity index (χ1n) is 8.40. The first kappa shape index (κ1) is 18.7. The predicted molar refractivity (Wildman–Crippen MR) is 99.0 cm³/mol. The average molecular weight is 388 g/mol. The van der Waals surface area contributed by atoms with Crippen molar-refractivity contribution < 1.29 is 19.1 Å². The second-order valence-electron chi connectivity index (χ2n) is 6.07. The highest BCUT2D eigenvalue weighted by Crippen LogP contribution is 2.20. The molecule has 1 aliphatic rings. The molecule has 0 heterocycles. The zero-order chi connectivity index (χ0) is 19.2. The molecule has 7 nitrogen and oxygen atoms in total. The minimum atomic E-state index is -0.921. The molecule has 1 saturated carbocycles. The van der Waals surface area contributed by atoms with E-state index >= 15 is 0 Å². The largest absolute Gasteiger partial charge is 0.488 e. The summed E-state index contributed by atoms with van der Waals surface area (Å²) in [5.74, 6) is -1.93. The van der Waals surface area contributed by atoms with Gasteiger partial charge >= 0.3 is 11.8 Å². The highest BCUT2D eigenvalue weighted by molar-refractivity contribution is 6.35. The molecule has 1 aliphatic carbocycles. The molecule has 140 valence electrons. The summed E-state index contributed by atoms with van der Waals surface area (Å²) >= 11 is 5.85. The van der Waals surface area contributed by atoms with Crippen LogP contribution < -0.4 is 20.9 Å². The lowest BCUT2D eigenvalue weighted by molar-refractivity contribution is -0.139. The van der Waals surface area contributed by atoms with E-state index in [1.807, 2.05) is 12.1 Å². The van der Waals surface area contributed by atoms with Gasteiger partial charge in [0.15, 0.2) is 0 Å². The summed E-state index contributed by atoms with van der Waals surface area (Å²) in [7, 11) is 0. The average Bonchev–Trinajstić information content (AvgIpc) is 3.49. The zero-order valence-corrected chi connectivity index (χ0v) is 15.1. The summed E-state index contributed by atoms with van der Waals surface area (Å²) in [6.07, 6.45) is 1.73. The van der Waals surface area contributed by atoms with Crippen LogP contribution in [0, 0.1) is 0 Å². The van der Waals surface area contributed by atoms with Crippen molar-refractivity contribution in [3.8, 4) is 5.75 Å². The number of ether oxygens (including phenoxy) is 1. The Balaban J connectivity index is 1.56. The number of halogens is 1. The fourth-order valence-electron chi connectivity index (χ4n) is 2.24. The van der Waals surface area contributed by atoms with Crippen LogP contribution in [-0.2, 0) is 16.2 Å². The number of hydrogen-bond donors (Lipinski definition) is 3. The molecule has 27 heavy (non-hydrogen) atoms. The highest BCUT2D eigenvalue weighted by Gasteiger charge is 2.26. The molecule has 0 radical (unpaired) electrons. The number of rotatable bonds is 5. The van der Waals surface area contributed by atoms with Crippen LogP contribution in [0.2, 0.25) is 5.02 Å². The number of carbonyl (C=O) groups is 3. The monoisotopic (exact) mass is 387 g/mol. The predicted octanol–water partition coefficient (Wildman–Crippen LogP) is 1.96. The molecule has 3 N–H and O–H groups in total. The van der Waals surface area contributed by atoms with Crippen LogP contribution in [0.15, 0.2) is 48.5 Å². The van der Waals surface area contributed by atoms with Crippen molar-refractivity contribution in [2.75, 3.05) is 0 Å².